The molecule has 0 bridgehead atoms. The standard InChI is InChI=1S/C19H23N3O4S/c1-14-2-4-15(5-3-14)13-27(25,26)21-17-8-10-22(11-9-17)18-7-6-16(12-20-18)19(23)24/h2-7,12,17,21H,8-11,13H2,1H3,(H,23,24). The third kappa shape index (κ3) is 5.27. The number of nitrogens with one attached hydrogen (secondary N) is 1. The topological polar surface area (TPSA) is 99.6 Å². The van der Waals surface area contributed by atoms with Gasteiger partial charge < -0.3 is 10.0 Å². The third-order valence-corrected chi connectivity index (χ3v) is 6.04. The summed E-state index contributed by atoms with van der Waals surface area (Å²) in [6.07, 6.45) is 2.69. The van der Waals surface area contributed by atoms with E-state index in [1.807, 2.05) is 36.1 Å². The quantitative estimate of drug-likeness (QED) is 0.786. The van der Waals surface area contributed by atoms with Gasteiger partial charge in [-0.05, 0) is 37.5 Å². The number of anilines is 1. The summed E-state index contributed by atoms with van der Waals surface area (Å²) in [4.78, 5) is 17.1. The Hall–Kier alpha value is -2.45. The molecule has 0 atom stereocenters. The highest BCUT2D eigenvalue weighted by atomic mass is 32.2. The molecule has 7 nitrogen and oxygen atoms in total. The lowest BCUT2D eigenvalue weighted by atomic mass is 10.1. The Morgan fingerprint density at radius 3 is 2.41 bits per heavy atom. The van der Waals surface area contributed by atoms with E-state index < -0.39 is 16.0 Å². The predicted octanol–water partition coefficient (Wildman–Crippen LogP) is 2.18. The van der Waals surface area contributed by atoms with E-state index >= 15 is 0 Å². The van der Waals surface area contributed by atoms with Crippen molar-refractivity contribution in [3.8, 4) is 0 Å². The first kappa shape index (κ1) is 19.3. The fraction of sp³-hybridized carbons (Fsp3) is 0.368. The number of piperidine rings is 1. The van der Waals surface area contributed by atoms with Crippen LogP contribution in [0, 0.1) is 6.92 Å². The fourth-order valence-corrected chi connectivity index (χ4v) is 4.58. The number of aromatic nitrogens is 1. The lowest BCUT2D eigenvalue weighted by Gasteiger charge is -2.33. The number of pyridine rings is 1. The third-order valence-electron chi connectivity index (χ3n) is 4.64. The van der Waals surface area contributed by atoms with Gasteiger partial charge in [-0.2, -0.15) is 0 Å². The van der Waals surface area contributed by atoms with Crippen molar-refractivity contribution in [1.82, 2.24) is 9.71 Å². The van der Waals surface area contributed by atoms with Crippen molar-refractivity contribution < 1.29 is 18.3 Å². The van der Waals surface area contributed by atoms with E-state index in [0.29, 0.717) is 31.7 Å². The van der Waals surface area contributed by atoms with Crippen LogP contribution >= 0.6 is 0 Å². The number of rotatable bonds is 6. The normalized spacial score (nSPS) is 15.7. The second-order valence-corrected chi connectivity index (χ2v) is 8.59. The summed E-state index contributed by atoms with van der Waals surface area (Å²) < 4.78 is 27.6. The lowest BCUT2D eigenvalue weighted by molar-refractivity contribution is 0.0696. The van der Waals surface area contributed by atoms with Gasteiger partial charge in [0.1, 0.15) is 5.82 Å². The van der Waals surface area contributed by atoms with Crippen LogP contribution in [0.15, 0.2) is 42.6 Å². The number of aryl methyl sites for hydroxylation is 1. The van der Waals surface area contributed by atoms with Crippen LogP contribution < -0.4 is 9.62 Å². The zero-order valence-corrected chi connectivity index (χ0v) is 15.9. The summed E-state index contributed by atoms with van der Waals surface area (Å²) in [7, 11) is -3.39. The zero-order chi connectivity index (χ0) is 19.4. The van der Waals surface area contributed by atoms with E-state index in [1.165, 1.54) is 12.3 Å². The average molecular weight is 389 g/mol. The zero-order valence-electron chi connectivity index (χ0n) is 15.1. The molecule has 0 saturated carbocycles. The minimum Gasteiger partial charge on any atom is -0.478 e. The van der Waals surface area contributed by atoms with Crippen LogP contribution in [0.25, 0.3) is 0 Å². The number of hydrogen-bond donors (Lipinski definition) is 2. The lowest BCUT2D eigenvalue weighted by Crippen LogP contribution is -2.45. The summed E-state index contributed by atoms with van der Waals surface area (Å²) in [6, 6.07) is 10.6. The molecule has 1 aromatic heterocycles. The first-order chi connectivity index (χ1) is 12.8. The number of carboxylic acid groups (broad SMARTS) is 1. The summed E-state index contributed by atoms with van der Waals surface area (Å²) in [6.45, 7) is 3.29. The number of nitrogens with zero attached hydrogens (tertiary/aromatic N) is 2. The van der Waals surface area contributed by atoms with Crippen molar-refractivity contribution in [3.05, 3.63) is 59.3 Å². The van der Waals surface area contributed by atoms with E-state index in [0.717, 1.165) is 11.1 Å². The van der Waals surface area contributed by atoms with Gasteiger partial charge in [-0.3, -0.25) is 0 Å². The molecule has 1 saturated heterocycles. The Morgan fingerprint density at radius 2 is 1.85 bits per heavy atom. The van der Waals surface area contributed by atoms with Gasteiger partial charge in [0.2, 0.25) is 10.0 Å². The van der Waals surface area contributed by atoms with Crippen molar-refractivity contribution in [2.75, 3.05) is 18.0 Å². The number of carbonyl (C=O) groups is 1. The molecular formula is C19H23N3O4S. The Kier molecular flexibility index (Phi) is 5.76. The molecule has 8 heteroatoms. The Morgan fingerprint density at radius 1 is 1.19 bits per heavy atom. The SMILES string of the molecule is Cc1ccc(CS(=O)(=O)NC2CCN(c3ccc(C(=O)O)cn3)CC2)cc1. The van der Waals surface area contributed by atoms with Crippen LogP contribution in [0.1, 0.15) is 34.3 Å². The van der Waals surface area contributed by atoms with Crippen molar-refractivity contribution >= 4 is 21.8 Å². The minimum atomic E-state index is -3.39. The first-order valence-corrected chi connectivity index (χ1v) is 10.5. The molecule has 2 heterocycles. The maximum Gasteiger partial charge on any atom is 0.337 e. The summed E-state index contributed by atoms with van der Waals surface area (Å²) in [5, 5.41) is 8.93. The molecule has 1 aliphatic rings. The van der Waals surface area contributed by atoms with Crippen molar-refractivity contribution in [1.29, 1.82) is 0 Å². The number of hydrogen-bond acceptors (Lipinski definition) is 5. The Balaban J connectivity index is 1.54. The van der Waals surface area contributed by atoms with Crippen LogP contribution in [0.5, 0.6) is 0 Å². The molecule has 3 rings (SSSR count). The summed E-state index contributed by atoms with van der Waals surface area (Å²) in [5.74, 6) is -0.317. The molecule has 0 unspecified atom stereocenters. The monoisotopic (exact) mass is 389 g/mol. The molecule has 0 aliphatic carbocycles. The highest BCUT2D eigenvalue weighted by Crippen LogP contribution is 2.19. The van der Waals surface area contributed by atoms with Crippen LogP contribution in [0.4, 0.5) is 5.82 Å². The molecule has 2 aromatic rings. The molecule has 0 radical (unpaired) electrons. The van der Waals surface area contributed by atoms with Gasteiger partial charge in [0.15, 0.2) is 0 Å². The van der Waals surface area contributed by atoms with E-state index in [4.69, 9.17) is 5.11 Å². The average Bonchev–Trinajstić information content (AvgIpc) is 2.64. The van der Waals surface area contributed by atoms with Gasteiger partial charge in [0, 0.05) is 25.3 Å². The van der Waals surface area contributed by atoms with Crippen molar-refractivity contribution in [2.24, 2.45) is 0 Å². The minimum absolute atomic E-state index is 0.0221. The Labute approximate surface area is 159 Å². The molecule has 1 aromatic carbocycles. The highest BCUT2D eigenvalue weighted by Gasteiger charge is 2.24. The molecule has 0 spiro atoms. The van der Waals surface area contributed by atoms with Gasteiger partial charge in [0.05, 0.1) is 11.3 Å². The van der Waals surface area contributed by atoms with Crippen molar-refractivity contribution in [2.45, 2.75) is 31.6 Å². The maximum atomic E-state index is 12.4. The highest BCUT2D eigenvalue weighted by molar-refractivity contribution is 7.88. The Bertz CT molecular complexity index is 888. The van der Waals surface area contributed by atoms with E-state index in [9.17, 15) is 13.2 Å². The number of carboxylic acids is 1. The number of benzene rings is 1. The fourth-order valence-electron chi connectivity index (χ4n) is 3.13. The summed E-state index contributed by atoms with van der Waals surface area (Å²) >= 11 is 0. The molecule has 1 fully saturated rings. The van der Waals surface area contributed by atoms with Gasteiger partial charge in [-0.1, -0.05) is 29.8 Å². The van der Waals surface area contributed by atoms with E-state index in [1.54, 1.807) is 6.07 Å². The predicted molar refractivity (Wildman–Crippen MR) is 103 cm³/mol. The molecule has 27 heavy (non-hydrogen) atoms. The molecular weight excluding hydrogens is 366 g/mol. The van der Waals surface area contributed by atoms with Gasteiger partial charge in [-0.25, -0.2) is 22.9 Å². The number of aromatic carboxylic acids is 1. The van der Waals surface area contributed by atoms with Crippen LogP contribution in [-0.4, -0.2) is 43.6 Å². The molecule has 1 aliphatic heterocycles. The smallest absolute Gasteiger partial charge is 0.337 e. The van der Waals surface area contributed by atoms with E-state index in [-0.39, 0.29) is 17.4 Å². The molecule has 144 valence electrons. The summed E-state index contributed by atoms with van der Waals surface area (Å²) in [5.41, 5.74) is 2.02. The molecule has 2 N–H and O–H groups in total. The second-order valence-electron chi connectivity index (χ2n) is 6.83. The van der Waals surface area contributed by atoms with Crippen molar-refractivity contribution in [3.63, 3.8) is 0 Å². The van der Waals surface area contributed by atoms with Gasteiger partial charge in [-0.15, -0.1) is 0 Å². The van der Waals surface area contributed by atoms with Crippen LogP contribution in [-0.2, 0) is 15.8 Å². The van der Waals surface area contributed by atoms with E-state index in [2.05, 4.69) is 9.71 Å². The second kappa shape index (κ2) is 8.06. The maximum absolute atomic E-state index is 12.4. The van der Waals surface area contributed by atoms with Gasteiger partial charge in [0.25, 0.3) is 0 Å². The first-order valence-electron chi connectivity index (χ1n) is 8.82. The van der Waals surface area contributed by atoms with Crippen LogP contribution in [0.3, 0.4) is 0 Å². The van der Waals surface area contributed by atoms with Crippen LogP contribution in [0.2, 0.25) is 0 Å². The van der Waals surface area contributed by atoms with Gasteiger partial charge >= 0.3 is 5.97 Å². The number of sulfonamides is 1. The molecule has 0 amide bonds. The largest absolute Gasteiger partial charge is 0.478 e.